The summed E-state index contributed by atoms with van der Waals surface area (Å²) in [5.41, 5.74) is 4.50. The van der Waals surface area contributed by atoms with E-state index in [9.17, 15) is 0 Å². The SMILES string of the molecule is CC(C)NC1c2ccccc2CCC1Cc1ccccc1. The molecular weight excluding hydrogens is 254 g/mol. The molecule has 21 heavy (non-hydrogen) atoms. The number of benzene rings is 2. The highest BCUT2D eigenvalue weighted by atomic mass is 14.9. The van der Waals surface area contributed by atoms with Crippen LogP contribution in [0.3, 0.4) is 0 Å². The molecular formula is C20H25N. The molecule has 1 aliphatic carbocycles. The van der Waals surface area contributed by atoms with Crippen LogP contribution in [0, 0.1) is 5.92 Å². The predicted molar refractivity (Wildman–Crippen MR) is 89.4 cm³/mol. The summed E-state index contributed by atoms with van der Waals surface area (Å²) in [6, 6.07) is 20.9. The monoisotopic (exact) mass is 279 g/mol. The normalized spacial score (nSPS) is 21.3. The van der Waals surface area contributed by atoms with Gasteiger partial charge < -0.3 is 5.32 Å². The van der Waals surface area contributed by atoms with Gasteiger partial charge in [0.15, 0.2) is 0 Å². The minimum Gasteiger partial charge on any atom is -0.307 e. The van der Waals surface area contributed by atoms with E-state index in [1.54, 1.807) is 0 Å². The summed E-state index contributed by atoms with van der Waals surface area (Å²) < 4.78 is 0. The smallest absolute Gasteiger partial charge is 0.0356 e. The molecule has 1 N–H and O–H groups in total. The molecule has 0 spiro atoms. The van der Waals surface area contributed by atoms with E-state index in [1.807, 2.05) is 0 Å². The lowest BCUT2D eigenvalue weighted by molar-refractivity contribution is 0.301. The summed E-state index contributed by atoms with van der Waals surface area (Å²) in [5, 5.41) is 3.81. The Morgan fingerprint density at radius 2 is 1.71 bits per heavy atom. The summed E-state index contributed by atoms with van der Waals surface area (Å²) in [7, 11) is 0. The standard InChI is InChI=1S/C20H25N/c1-15(2)21-20-18(14-16-8-4-3-5-9-16)13-12-17-10-6-7-11-19(17)20/h3-11,15,18,20-21H,12-14H2,1-2H3. The Balaban J connectivity index is 1.86. The third-order valence-corrected chi connectivity index (χ3v) is 4.50. The van der Waals surface area contributed by atoms with E-state index < -0.39 is 0 Å². The van der Waals surface area contributed by atoms with Gasteiger partial charge in [0.1, 0.15) is 0 Å². The number of rotatable bonds is 4. The van der Waals surface area contributed by atoms with E-state index >= 15 is 0 Å². The van der Waals surface area contributed by atoms with Gasteiger partial charge in [0.05, 0.1) is 0 Å². The fourth-order valence-electron chi connectivity index (χ4n) is 3.55. The zero-order valence-electron chi connectivity index (χ0n) is 13.0. The average molecular weight is 279 g/mol. The second kappa shape index (κ2) is 6.44. The number of aryl methyl sites for hydroxylation is 1. The highest BCUT2D eigenvalue weighted by Crippen LogP contribution is 2.36. The number of hydrogen-bond acceptors (Lipinski definition) is 1. The van der Waals surface area contributed by atoms with Gasteiger partial charge >= 0.3 is 0 Å². The Labute approximate surface area is 128 Å². The van der Waals surface area contributed by atoms with Crippen LogP contribution in [0.1, 0.15) is 43.0 Å². The van der Waals surface area contributed by atoms with Crippen LogP contribution in [0.15, 0.2) is 54.6 Å². The van der Waals surface area contributed by atoms with Gasteiger partial charge in [-0.3, -0.25) is 0 Å². The van der Waals surface area contributed by atoms with Gasteiger partial charge in [0.2, 0.25) is 0 Å². The van der Waals surface area contributed by atoms with Crippen molar-refractivity contribution < 1.29 is 0 Å². The molecule has 2 aromatic carbocycles. The van der Waals surface area contributed by atoms with Crippen LogP contribution in [0.4, 0.5) is 0 Å². The Morgan fingerprint density at radius 1 is 1.00 bits per heavy atom. The second-order valence-electron chi connectivity index (χ2n) is 6.49. The molecule has 0 saturated heterocycles. The molecule has 0 aliphatic heterocycles. The zero-order valence-corrected chi connectivity index (χ0v) is 13.0. The fourth-order valence-corrected chi connectivity index (χ4v) is 3.55. The van der Waals surface area contributed by atoms with Crippen LogP contribution >= 0.6 is 0 Å². The van der Waals surface area contributed by atoms with Crippen LogP contribution in [0.25, 0.3) is 0 Å². The van der Waals surface area contributed by atoms with Crippen molar-refractivity contribution in [1.29, 1.82) is 0 Å². The van der Waals surface area contributed by atoms with Crippen molar-refractivity contribution in [1.82, 2.24) is 5.32 Å². The third kappa shape index (κ3) is 3.36. The summed E-state index contributed by atoms with van der Waals surface area (Å²) in [4.78, 5) is 0. The maximum absolute atomic E-state index is 3.81. The highest BCUT2D eigenvalue weighted by Gasteiger charge is 2.29. The quantitative estimate of drug-likeness (QED) is 0.867. The Bertz CT molecular complexity index is 573. The van der Waals surface area contributed by atoms with Gasteiger partial charge in [-0.25, -0.2) is 0 Å². The fraction of sp³-hybridized carbons (Fsp3) is 0.400. The average Bonchev–Trinajstić information content (AvgIpc) is 2.50. The first-order valence-corrected chi connectivity index (χ1v) is 8.12. The van der Waals surface area contributed by atoms with Crippen molar-refractivity contribution in [3.63, 3.8) is 0 Å². The summed E-state index contributed by atoms with van der Waals surface area (Å²) in [5.74, 6) is 0.685. The lowest BCUT2D eigenvalue weighted by Gasteiger charge is -2.36. The van der Waals surface area contributed by atoms with Crippen LogP contribution in [0.2, 0.25) is 0 Å². The maximum atomic E-state index is 3.81. The molecule has 0 heterocycles. The molecule has 0 bridgehead atoms. The second-order valence-corrected chi connectivity index (χ2v) is 6.49. The Hall–Kier alpha value is -1.60. The van der Waals surface area contributed by atoms with Crippen LogP contribution in [0.5, 0.6) is 0 Å². The first-order chi connectivity index (χ1) is 10.2. The minimum atomic E-state index is 0.482. The van der Waals surface area contributed by atoms with Crippen molar-refractivity contribution in [2.45, 2.75) is 45.2 Å². The summed E-state index contributed by atoms with van der Waals surface area (Å²) in [6.07, 6.45) is 3.65. The number of nitrogens with one attached hydrogen (secondary N) is 1. The van der Waals surface area contributed by atoms with Crippen molar-refractivity contribution >= 4 is 0 Å². The molecule has 0 fully saturated rings. The first kappa shape index (κ1) is 14.3. The Kier molecular flexibility index (Phi) is 4.40. The topological polar surface area (TPSA) is 12.0 Å². The van der Waals surface area contributed by atoms with Crippen LogP contribution < -0.4 is 5.32 Å². The van der Waals surface area contributed by atoms with E-state index in [0.717, 1.165) is 0 Å². The van der Waals surface area contributed by atoms with Crippen molar-refractivity contribution in [3.05, 3.63) is 71.3 Å². The third-order valence-electron chi connectivity index (χ3n) is 4.50. The van der Waals surface area contributed by atoms with Gasteiger partial charge in [0.25, 0.3) is 0 Å². The van der Waals surface area contributed by atoms with Crippen LogP contribution in [-0.4, -0.2) is 6.04 Å². The summed E-state index contributed by atoms with van der Waals surface area (Å²) in [6.45, 7) is 4.49. The van der Waals surface area contributed by atoms with Crippen molar-refractivity contribution in [3.8, 4) is 0 Å². The molecule has 1 aliphatic rings. The van der Waals surface area contributed by atoms with Crippen molar-refractivity contribution in [2.75, 3.05) is 0 Å². The summed E-state index contributed by atoms with van der Waals surface area (Å²) >= 11 is 0. The molecule has 2 atom stereocenters. The first-order valence-electron chi connectivity index (χ1n) is 8.12. The maximum Gasteiger partial charge on any atom is 0.0356 e. The highest BCUT2D eigenvalue weighted by molar-refractivity contribution is 5.33. The zero-order chi connectivity index (χ0) is 14.7. The molecule has 3 rings (SSSR count). The lowest BCUT2D eigenvalue weighted by Crippen LogP contribution is -2.37. The molecule has 110 valence electrons. The molecule has 0 amide bonds. The largest absolute Gasteiger partial charge is 0.307 e. The van der Waals surface area contributed by atoms with E-state index in [4.69, 9.17) is 0 Å². The minimum absolute atomic E-state index is 0.482. The lowest BCUT2D eigenvalue weighted by atomic mass is 9.76. The number of hydrogen-bond donors (Lipinski definition) is 1. The van der Waals surface area contributed by atoms with Gasteiger partial charge in [-0.15, -0.1) is 0 Å². The predicted octanol–water partition coefficient (Wildman–Crippen LogP) is 4.53. The van der Waals surface area contributed by atoms with Gasteiger partial charge in [-0.05, 0) is 41.9 Å². The molecule has 0 saturated carbocycles. The Morgan fingerprint density at radius 3 is 2.48 bits per heavy atom. The van der Waals surface area contributed by atoms with Gasteiger partial charge in [0, 0.05) is 12.1 Å². The van der Waals surface area contributed by atoms with Gasteiger partial charge in [-0.1, -0.05) is 68.4 Å². The van der Waals surface area contributed by atoms with Crippen LogP contribution in [-0.2, 0) is 12.8 Å². The van der Waals surface area contributed by atoms with E-state index in [1.165, 1.54) is 36.0 Å². The molecule has 2 aromatic rings. The van der Waals surface area contributed by atoms with Crippen molar-refractivity contribution in [2.24, 2.45) is 5.92 Å². The van der Waals surface area contributed by atoms with E-state index in [2.05, 4.69) is 73.8 Å². The molecule has 0 aromatic heterocycles. The molecule has 0 radical (unpaired) electrons. The van der Waals surface area contributed by atoms with E-state index in [-0.39, 0.29) is 0 Å². The van der Waals surface area contributed by atoms with Gasteiger partial charge in [-0.2, -0.15) is 0 Å². The molecule has 1 heteroatoms. The number of fused-ring (bicyclic) bond motifs is 1. The molecule has 2 unspecified atom stereocenters. The molecule has 1 nitrogen and oxygen atoms in total. The van der Waals surface area contributed by atoms with E-state index in [0.29, 0.717) is 18.0 Å².